The monoisotopic (exact) mass is 170 g/mol. The van der Waals surface area contributed by atoms with Crippen LogP contribution in [-0.2, 0) is 0 Å². The maximum absolute atomic E-state index is 7.33. The summed E-state index contributed by atoms with van der Waals surface area (Å²) in [6.07, 6.45) is 0. The normalized spacial score (nSPS) is 10.0. The van der Waals surface area contributed by atoms with Gasteiger partial charge in [0.25, 0.3) is 0 Å². The summed E-state index contributed by atoms with van der Waals surface area (Å²) in [5.74, 6) is 0. The predicted molar refractivity (Wildman–Crippen MR) is 20.4 cm³/mol. The fraction of sp³-hybridized carbons (Fsp3) is 0. The van der Waals surface area contributed by atoms with Crippen LogP contribution in [0, 0.1) is 0 Å². The smallest absolute Gasteiger partial charge is 0.368 e. The van der Waals surface area contributed by atoms with Crippen molar-refractivity contribution in [1.29, 1.82) is 0 Å². The molecule has 4 N–H and O–H groups in total. The number of hydrogen-bond donors (Lipinski definition) is 4. The molecule has 6 heavy (non-hydrogen) atoms. The first-order valence-corrected chi connectivity index (χ1v) is 2.68. The van der Waals surface area contributed by atoms with Crippen molar-refractivity contribution < 1.29 is 19.2 Å². The van der Waals surface area contributed by atoms with Crippen LogP contribution in [-0.4, -0.2) is 45.8 Å². The zero-order chi connectivity index (χ0) is 4.50. The molecule has 4 nitrogen and oxygen atoms in total. The summed E-state index contributed by atoms with van der Waals surface area (Å²) < 4.78 is 0. The van der Waals surface area contributed by atoms with Crippen LogP contribution < -0.4 is 0 Å². The van der Waals surface area contributed by atoms with E-state index in [1.807, 2.05) is 0 Å². The van der Waals surface area contributed by atoms with Crippen molar-refractivity contribution in [1.82, 2.24) is 0 Å². The molecule has 0 rings (SSSR count). The second-order valence-corrected chi connectivity index (χ2v) is 1.80. The molecule has 0 amide bonds. The van der Waals surface area contributed by atoms with Crippen LogP contribution in [0.5, 0.6) is 0 Å². The first-order valence-electron chi connectivity index (χ1n) is 0.894. The molecule has 0 spiro atoms. The van der Waals surface area contributed by atoms with E-state index in [1.165, 1.54) is 0 Å². The molecule has 6 heteroatoms. The van der Waals surface area contributed by atoms with Crippen LogP contribution in [0.4, 0.5) is 0 Å². The minimum Gasteiger partial charge on any atom is -0.368 e. The van der Waals surface area contributed by atoms with Crippen LogP contribution in [0.15, 0.2) is 0 Å². The Morgan fingerprint density at radius 2 is 0.833 bits per heavy atom. The summed E-state index contributed by atoms with van der Waals surface area (Å²) in [6, 6.07) is 0. The van der Waals surface area contributed by atoms with Gasteiger partial charge in [0.1, 0.15) is 0 Å². The minimum atomic E-state index is -4.61. The minimum absolute atomic E-state index is 0. The van der Waals surface area contributed by atoms with Crippen molar-refractivity contribution >= 4 is 26.6 Å². The van der Waals surface area contributed by atoms with Gasteiger partial charge in [-0.2, -0.15) is 0 Å². The van der Waals surface area contributed by atoms with E-state index in [1.54, 1.807) is 0 Å². The molecule has 4 radical (unpaired) electrons. The molecule has 0 saturated carbocycles. The summed E-state index contributed by atoms with van der Waals surface area (Å²) in [7, 11) is -4.61. The summed E-state index contributed by atoms with van der Waals surface area (Å²) >= 11 is 0. The molecule has 0 aliphatic carbocycles. The molecular weight excluding hydrogens is 165 g/mol. The van der Waals surface area contributed by atoms with Gasteiger partial charge in [0.05, 0.1) is 0 Å². The van der Waals surface area contributed by atoms with Crippen molar-refractivity contribution in [3.05, 3.63) is 0 Å². The quantitative estimate of drug-likeness (QED) is 0.291. The summed E-state index contributed by atoms with van der Waals surface area (Å²) in [4.78, 5) is 29.3. The Labute approximate surface area is 46.5 Å². The van der Waals surface area contributed by atoms with E-state index in [2.05, 4.69) is 0 Å². The average Bonchev–Trinajstić information content (AvgIpc) is 0.722. The first-order chi connectivity index (χ1) is 2.00. The van der Waals surface area contributed by atoms with E-state index in [0.29, 0.717) is 0 Å². The molecule has 0 atom stereocenters. The van der Waals surface area contributed by atoms with E-state index in [0.717, 1.165) is 0 Å². The Morgan fingerprint density at radius 3 is 0.833 bits per heavy atom. The Morgan fingerprint density at radius 1 is 0.833 bits per heavy atom. The molecule has 0 fully saturated rings. The molecule has 0 aromatic rings. The molecule has 0 heterocycles. The van der Waals surface area contributed by atoms with Gasteiger partial charge in [-0.15, -0.1) is 0 Å². The molecule has 0 aromatic carbocycles. The molecular formula is H4GeO4Si. The van der Waals surface area contributed by atoms with Crippen molar-refractivity contribution in [2.24, 2.45) is 0 Å². The van der Waals surface area contributed by atoms with Crippen molar-refractivity contribution in [3.63, 3.8) is 0 Å². The van der Waals surface area contributed by atoms with Crippen LogP contribution in [0.2, 0.25) is 0 Å². The first kappa shape index (κ1) is 9.78. The second-order valence-electron chi connectivity index (χ2n) is 0.600. The molecule has 0 aliphatic heterocycles. The Bertz CT molecular complexity index is 23.0. The van der Waals surface area contributed by atoms with Gasteiger partial charge in [0, 0.05) is 17.6 Å². The molecule has 36 valence electrons. The van der Waals surface area contributed by atoms with E-state index in [-0.39, 0.29) is 17.6 Å². The summed E-state index contributed by atoms with van der Waals surface area (Å²) in [6.45, 7) is 0. The maximum Gasteiger partial charge on any atom is 0.668 e. The van der Waals surface area contributed by atoms with Gasteiger partial charge >= 0.3 is 9.05 Å². The van der Waals surface area contributed by atoms with Gasteiger partial charge < -0.3 is 19.2 Å². The molecule has 0 bridgehead atoms. The zero-order valence-corrected chi connectivity index (χ0v) is 5.89. The fourth-order valence-electron chi connectivity index (χ4n) is 0. The summed E-state index contributed by atoms with van der Waals surface area (Å²) in [5, 5.41) is 0. The zero-order valence-electron chi connectivity index (χ0n) is 2.79. The largest absolute Gasteiger partial charge is 0.668 e. The van der Waals surface area contributed by atoms with Gasteiger partial charge in [-0.1, -0.05) is 0 Å². The SMILES string of the molecule is O[Si](O)(O)O.[Ge]. The Balaban J connectivity index is 0. The van der Waals surface area contributed by atoms with E-state index < -0.39 is 9.05 Å². The topological polar surface area (TPSA) is 80.9 Å². The number of rotatable bonds is 0. The van der Waals surface area contributed by atoms with E-state index in [4.69, 9.17) is 19.2 Å². The van der Waals surface area contributed by atoms with E-state index in [9.17, 15) is 0 Å². The maximum atomic E-state index is 7.33. The van der Waals surface area contributed by atoms with E-state index >= 15 is 0 Å². The summed E-state index contributed by atoms with van der Waals surface area (Å²) in [5.41, 5.74) is 0. The van der Waals surface area contributed by atoms with Crippen molar-refractivity contribution in [2.75, 3.05) is 0 Å². The molecule has 0 unspecified atom stereocenters. The van der Waals surface area contributed by atoms with Gasteiger partial charge in [0.15, 0.2) is 0 Å². The van der Waals surface area contributed by atoms with Gasteiger partial charge in [-0.25, -0.2) is 0 Å². The van der Waals surface area contributed by atoms with Crippen molar-refractivity contribution in [2.45, 2.75) is 0 Å². The second kappa shape index (κ2) is 2.72. The Hall–Kier alpha value is 0.600. The predicted octanol–water partition coefficient (Wildman–Crippen LogP) is -2.99. The average molecular weight is 169 g/mol. The van der Waals surface area contributed by atoms with Gasteiger partial charge in [-0.3, -0.25) is 0 Å². The number of hydrogen-bond acceptors (Lipinski definition) is 4. The molecule has 0 aromatic heterocycles. The molecule has 0 aliphatic rings. The van der Waals surface area contributed by atoms with Gasteiger partial charge in [0.2, 0.25) is 0 Å². The standard InChI is InChI=1S/Ge.H4O4Si/c;1-5(2,3)4/h;1-4H. The third-order valence-electron chi connectivity index (χ3n) is 0. The molecule has 0 saturated heterocycles. The van der Waals surface area contributed by atoms with Crippen LogP contribution in [0.25, 0.3) is 0 Å². The van der Waals surface area contributed by atoms with Crippen LogP contribution in [0.1, 0.15) is 0 Å². The fourth-order valence-corrected chi connectivity index (χ4v) is 0. The van der Waals surface area contributed by atoms with Crippen LogP contribution >= 0.6 is 0 Å². The van der Waals surface area contributed by atoms with Crippen molar-refractivity contribution in [3.8, 4) is 0 Å². The van der Waals surface area contributed by atoms with Crippen LogP contribution in [0.3, 0.4) is 0 Å². The Kier molecular flexibility index (Phi) is 4.43. The third kappa shape index (κ3) is 166. The third-order valence-corrected chi connectivity index (χ3v) is 0. The van der Waals surface area contributed by atoms with Gasteiger partial charge in [-0.05, 0) is 0 Å².